The van der Waals surface area contributed by atoms with Crippen molar-refractivity contribution in [3.05, 3.63) is 28.2 Å². The number of hydrogen-bond donors (Lipinski definition) is 1. The van der Waals surface area contributed by atoms with E-state index in [0.717, 1.165) is 17.6 Å². The van der Waals surface area contributed by atoms with E-state index in [1.807, 2.05) is 18.7 Å². The van der Waals surface area contributed by atoms with Crippen molar-refractivity contribution >= 4 is 45.9 Å². The largest absolute Gasteiger partial charge is 0.434 e. The lowest BCUT2D eigenvalue weighted by molar-refractivity contribution is -0.0504. The van der Waals surface area contributed by atoms with E-state index in [9.17, 15) is 8.78 Å². The summed E-state index contributed by atoms with van der Waals surface area (Å²) in [6.45, 7) is 2.74. The number of nitrogens with zero attached hydrogens (tertiary/aromatic N) is 2. The second-order valence-corrected chi connectivity index (χ2v) is 4.89. The van der Waals surface area contributed by atoms with E-state index in [4.69, 9.17) is 5.73 Å². The zero-order valence-electron chi connectivity index (χ0n) is 11.9. The smallest absolute Gasteiger partial charge is 0.387 e. The Labute approximate surface area is 148 Å². The molecule has 0 aliphatic heterocycles. The Kier molecular flexibility index (Phi) is 9.84. The minimum absolute atomic E-state index is 0. The van der Waals surface area contributed by atoms with Gasteiger partial charge in [0.1, 0.15) is 5.75 Å². The molecule has 0 fully saturated rings. The number of aliphatic imine (C=N–C) groups is 1. The maximum Gasteiger partial charge on any atom is 0.387 e. The Morgan fingerprint density at radius 3 is 2.52 bits per heavy atom. The van der Waals surface area contributed by atoms with E-state index in [-0.39, 0.29) is 36.3 Å². The third-order valence-electron chi connectivity index (χ3n) is 2.74. The highest BCUT2D eigenvalue weighted by Crippen LogP contribution is 2.25. The van der Waals surface area contributed by atoms with Crippen molar-refractivity contribution in [3.63, 3.8) is 0 Å². The monoisotopic (exact) mass is 477 g/mol. The topological polar surface area (TPSA) is 50.8 Å². The molecule has 0 unspecified atom stereocenters. The molecule has 0 aromatic heterocycles. The van der Waals surface area contributed by atoms with Gasteiger partial charge in [0.15, 0.2) is 5.96 Å². The molecule has 0 atom stereocenters. The number of ether oxygens (including phenoxy) is 1. The average Bonchev–Trinajstić information content (AvgIpc) is 2.40. The number of benzene rings is 1. The Hall–Kier alpha value is -0.640. The summed E-state index contributed by atoms with van der Waals surface area (Å²) in [4.78, 5) is 6.10. The fourth-order valence-electron chi connectivity index (χ4n) is 1.70. The number of halogens is 4. The lowest BCUT2D eigenvalue weighted by Gasteiger charge is -2.19. The maximum atomic E-state index is 12.3. The third kappa shape index (κ3) is 6.77. The zero-order valence-corrected chi connectivity index (χ0v) is 15.8. The summed E-state index contributed by atoms with van der Waals surface area (Å²) < 4.78 is 29.9. The van der Waals surface area contributed by atoms with Crippen molar-refractivity contribution in [2.45, 2.75) is 27.0 Å². The van der Waals surface area contributed by atoms with E-state index < -0.39 is 6.61 Å². The predicted molar refractivity (Wildman–Crippen MR) is 94.4 cm³/mol. The summed E-state index contributed by atoms with van der Waals surface area (Å²) >= 11 is 3.29. The molecule has 1 aromatic carbocycles. The number of rotatable bonds is 6. The van der Waals surface area contributed by atoms with Gasteiger partial charge in [-0.3, -0.25) is 0 Å². The number of nitrogens with two attached hydrogens (primary N) is 1. The molecule has 0 amide bonds. The minimum atomic E-state index is -2.86. The van der Waals surface area contributed by atoms with E-state index in [1.54, 1.807) is 12.1 Å². The Morgan fingerprint density at radius 2 is 2.00 bits per heavy atom. The predicted octanol–water partition coefficient (Wildman–Crippen LogP) is 3.83. The van der Waals surface area contributed by atoms with Crippen LogP contribution in [0.3, 0.4) is 0 Å². The molecule has 8 heteroatoms. The third-order valence-corrected chi connectivity index (χ3v) is 3.23. The van der Waals surface area contributed by atoms with Crippen LogP contribution in [0.1, 0.15) is 19.4 Å². The number of guanidine groups is 1. The van der Waals surface area contributed by atoms with Crippen molar-refractivity contribution in [2.75, 3.05) is 13.1 Å². The van der Waals surface area contributed by atoms with Gasteiger partial charge in [-0.1, -0.05) is 15.9 Å². The molecule has 1 rings (SSSR count). The van der Waals surface area contributed by atoms with Crippen LogP contribution in [0.25, 0.3) is 0 Å². The van der Waals surface area contributed by atoms with Gasteiger partial charge in [0.2, 0.25) is 0 Å². The molecule has 0 bridgehead atoms. The molecule has 21 heavy (non-hydrogen) atoms. The molecule has 0 spiro atoms. The van der Waals surface area contributed by atoms with Gasteiger partial charge in [0.05, 0.1) is 6.54 Å². The molecular formula is C13H19BrF2IN3O. The lowest BCUT2D eigenvalue weighted by Crippen LogP contribution is -2.37. The van der Waals surface area contributed by atoms with Crippen molar-refractivity contribution in [3.8, 4) is 5.75 Å². The quantitative estimate of drug-likeness (QED) is 0.385. The van der Waals surface area contributed by atoms with Gasteiger partial charge in [0, 0.05) is 23.1 Å². The summed E-state index contributed by atoms with van der Waals surface area (Å²) in [5.74, 6) is 0.497. The van der Waals surface area contributed by atoms with Crippen LogP contribution in [0.4, 0.5) is 8.78 Å². The highest BCUT2D eigenvalue weighted by Gasteiger charge is 2.10. The van der Waals surface area contributed by atoms with E-state index in [1.165, 1.54) is 6.07 Å². The Morgan fingerprint density at radius 1 is 1.38 bits per heavy atom. The van der Waals surface area contributed by atoms with Crippen molar-refractivity contribution in [1.29, 1.82) is 0 Å². The van der Waals surface area contributed by atoms with Crippen molar-refractivity contribution in [2.24, 2.45) is 10.7 Å². The molecule has 2 N–H and O–H groups in total. The minimum Gasteiger partial charge on any atom is -0.434 e. The average molecular weight is 478 g/mol. The molecule has 4 nitrogen and oxygen atoms in total. The molecule has 120 valence electrons. The van der Waals surface area contributed by atoms with Gasteiger partial charge in [-0.05, 0) is 32.0 Å². The van der Waals surface area contributed by atoms with Crippen LogP contribution in [-0.2, 0) is 6.54 Å². The van der Waals surface area contributed by atoms with Gasteiger partial charge in [-0.15, -0.1) is 24.0 Å². The number of hydrogen-bond acceptors (Lipinski definition) is 2. The fourth-order valence-corrected chi connectivity index (χ4v) is 2.10. The van der Waals surface area contributed by atoms with Crippen LogP contribution < -0.4 is 10.5 Å². The molecule has 1 aromatic rings. The molecule has 0 aliphatic rings. The van der Waals surface area contributed by atoms with E-state index in [0.29, 0.717) is 11.5 Å². The summed E-state index contributed by atoms with van der Waals surface area (Å²) in [6.07, 6.45) is 0. The Balaban J connectivity index is 0.00000400. The van der Waals surface area contributed by atoms with Crippen molar-refractivity contribution < 1.29 is 13.5 Å². The molecule has 0 saturated carbocycles. The Bertz CT molecular complexity index is 471. The van der Waals surface area contributed by atoms with E-state index >= 15 is 0 Å². The first-order valence-corrected chi connectivity index (χ1v) is 7.05. The summed E-state index contributed by atoms with van der Waals surface area (Å²) in [5, 5.41) is 0. The second-order valence-electron chi connectivity index (χ2n) is 3.98. The van der Waals surface area contributed by atoms with Crippen LogP contribution in [0.5, 0.6) is 5.75 Å². The SMILES string of the molecule is CCN(CC)C(N)=NCc1cc(Br)ccc1OC(F)F.I. The van der Waals surface area contributed by atoms with Crippen LogP contribution in [0, 0.1) is 0 Å². The summed E-state index contributed by atoms with van der Waals surface area (Å²) in [7, 11) is 0. The van der Waals surface area contributed by atoms with Crippen LogP contribution in [0.2, 0.25) is 0 Å². The van der Waals surface area contributed by atoms with Gasteiger partial charge < -0.3 is 15.4 Å². The van der Waals surface area contributed by atoms with Crippen molar-refractivity contribution in [1.82, 2.24) is 4.90 Å². The molecular weight excluding hydrogens is 459 g/mol. The molecule has 0 aliphatic carbocycles. The summed E-state index contributed by atoms with van der Waals surface area (Å²) in [5.41, 5.74) is 6.40. The zero-order chi connectivity index (χ0) is 15.1. The number of alkyl halides is 2. The lowest BCUT2D eigenvalue weighted by atomic mass is 10.2. The molecule has 0 radical (unpaired) electrons. The second kappa shape index (κ2) is 10.1. The molecule has 0 heterocycles. The first-order chi connectivity index (χ1) is 9.47. The van der Waals surface area contributed by atoms with Gasteiger partial charge in [0.25, 0.3) is 0 Å². The summed E-state index contributed by atoms with van der Waals surface area (Å²) in [6, 6.07) is 4.81. The first-order valence-electron chi connectivity index (χ1n) is 6.26. The first kappa shape index (κ1) is 20.4. The standard InChI is InChI=1S/C13H18BrF2N3O.HI/c1-3-19(4-2)13(17)18-8-9-7-10(14)5-6-11(9)20-12(15)16;/h5-7,12H,3-4,8H2,1-2H3,(H2,17,18);1H. The highest BCUT2D eigenvalue weighted by molar-refractivity contribution is 14.0. The fraction of sp³-hybridized carbons (Fsp3) is 0.462. The van der Waals surface area contributed by atoms with E-state index in [2.05, 4.69) is 25.7 Å². The van der Waals surface area contributed by atoms with Crippen LogP contribution >= 0.6 is 39.9 Å². The molecule has 0 saturated heterocycles. The van der Waals surface area contributed by atoms with Crippen LogP contribution in [0.15, 0.2) is 27.7 Å². The maximum absolute atomic E-state index is 12.3. The normalized spacial score (nSPS) is 11.2. The van der Waals surface area contributed by atoms with Gasteiger partial charge in [-0.2, -0.15) is 8.78 Å². The van der Waals surface area contributed by atoms with Crippen LogP contribution in [-0.4, -0.2) is 30.6 Å². The van der Waals surface area contributed by atoms with Gasteiger partial charge >= 0.3 is 6.61 Å². The van der Waals surface area contributed by atoms with Gasteiger partial charge in [-0.25, -0.2) is 4.99 Å². The highest BCUT2D eigenvalue weighted by atomic mass is 127.